The largest absolute Gasteiger partial charge is 0.482 e. The molecule has 0 heterocycles. The molecule has 1 aromatic carbocycles. The van der Waals surface area contributed by atoms with Gasteiger partial charge in [-0.1, -0.05) is 26.5 Å². The van der Waals surface area contributed by atoms with E-state index in [9.17, 15) is 10.1 Å². The Morgan fingerprint density at radius 1 is 1.47 bits per heavy atom. The van der Waals surface area contributed by atoms with Gasteiger partial charge in [-0.05, 0) is 30.2 Å². The van der Waals surface area contributed by atoms with Gasteiger partial charge < -0.3 is 10.1 Å². The molecule has 5 nitrogen and oxygen atoms in total. The van der Waals surface area contributed by atoms with Gasteiger partial charge in [0.15, 0.2) is 5.75 Å². The van der Waals surface area contributed by atoms with Gasteiger partial charge in [-0.3, -0.25) is 10.1 Å². The van der Waals surface area contributed by atoms with Gasteiger partial charge in [0.2, 0.25) is 0 Å². The van der Waals surface area contributed by atoms with Crippen molar-refractivity contribution in [3.05, 3.63) is 46.0 Å². The number of nitro groups is 1. The number of hydrogen-bond donors (Lipinski definition) is 1. The van der Waals surface area contributed by atoms with E-state index in [1.807, 2.05) is 13.8 Å². The average Bonchev–Trinajstić information content (AvgIpc) is 2.42. The van der Waals surface area contributed by atoms with E-state index in [1.54, 1.807) is 12.1 Å². The Morgan fingerprint density at radius 2 is 2.21 bits per heavy atom. The molecule has 0 aliphatic carbocycles. The highest BCUT2D eigenvalue weighted by Gasteiger charge is 2.15. The van der Waals surface area contributed by atoms with Gasteiger partial charge in [0.05, 0.1) is 4.92 Å². The summed E-state index contributed by atoms with van der Waals surface area (Å²) in [5.41, 5.74) is 1.86. The van der Waals surface area contributed by atoms with E-state index < -0.39 is 4.92 Å². The highest BCUT2D eigenvalue weighted by Crippen LogP contribution is 2.28. The molecule has 19 heavy (non-hydrogen) atoms. The van der Waals surface area contributed by atoms with E-state index in [0.29, 0.717) is 18.9 Å². The molecule has 0 bridgehead atoms. The van der Waals surface area contributed by atoms with Crippen molar-refractivity contribution in [2.75, 3.05) is 13.2 Å². The molecule has 0 fully saturated rings. The summed E-state index contributed by atoms with van der Waals surface area (Å²) >= 11 is 0. The quantitative estimate of drug-likeness (QED) is 0.445. The predicted octanol–water partition coefficient (Wildman–Crippen LogP) is 3.05. The number of ether oxygens (including phenoxy) is 1. The molecule has 1 rings (SSSR count). The topological polar surface area (TPSA) is 64.4 Å². The summed E-state index contributed by atoms with van der Waals surface area (Å²) < 4.78 is 5.50. The van der Waals surface area contributed by atoms with Crippen LogP contribution in [-0.2, 0) is 6.54 Å². The molecule has 1 aromatic rings. The Labute approximate surface area is 113 Å². The minimum Gasteiger partial charge on any atom is -0.482 e. The van der Waals surface area contributed by atoms with Crippen LogP contribution in [0.15, 0.2) is 30.4 Å². The Bertz CT molecular complexity index is 458. The van der Waals surface area contributed by atoms with Crippen LogP contribution in [-0.4, -0.2) is 18.1 Å². The van der Waals surface area contributed by atoms with Crippen molar-refractivity contribution in [2.24, 2.45) is 0 Å². The average molecular weight is 264 g/mol. The van der Waals surface area contributed by atoms with Gasteiger partial charge in [0.1, 0.15) is 6.61 Å². The first kappa shape index (κ1) is 15.2. The molecule has 0 aliphatic heterocycles. The molecule has 0 saturated heterocycles. The number of nitrogens with one attached hydrogen (secondary N) is 1. The maximum Gasteiger partial charge on any atom is 0.310 e. The lowest BCUT2D eigenvalue weighted by molar-refractivity contribution is -0.385. The minimum atomic E-state index is -0.429. The number of nitro benzene ring substituents is 1. The van der Waals surface area contributed by atoms with Crippen molar-refractivity contribution in [2.45, 2.75) is 26.8 Å². The van der Waals surface area contributed by atoms with Crippen molar-refractivity contribution in [1.29, 1.82) is 0 Å². The van der Waals surface area contributed by atoms with E-state index in [2.05, 4.69) is 11.9 Å². The first-order valence-electron chi connectivity index (χ1n) is 6.36. The molecule has 0 aliphatic rings. The molecule has 5 heteroatoms. The summed E-state index contributed by atoms with van der Waals surface area (Å²) in [6.45, 7) is 9.63. The Kier molecular flexibility index (Phi) is 6.02. The van der Waals surface area contributed by atoms with Crippen LogP contribution < -0.4 is 10.1 Å². The van der Waals surface area contributed by atoms with Crippen LogP contribution in [0.4, 0.5) is 5.69 Å². The molecule has 0 amide bonds. The van der Waals surface area contributed by atoms with Crippen LogP contribution in [0.25, 0.3) is 0 Å². The van der Waals surface area contributed by atoms with Crippen LogP contribution in [0.3, 0.4) is 0 Å². The molecule has 104 valence electrons. The highest BCUT2D eigenvalue weighted by molar-refractivity contribution is 5.48. The molecule has 1 N–H and O–H groups in total. The third-order valence-electron chi connectivity index (χ3n) is 2.73. The molecule has 0 saturated carbocycles. The fourth-order valence-electron chi connectivity index (χ4n) is 1.49. The van der Waals surface area contributed by atoms with Gasteiger partial charge in [0.25, 0.3) is 0 Å². The third-order valence-corrected chi connectivity index (χ3v) is 2.73. The zero-order valence-corrected chi connectivity index (χ0v) is 11.4. The first-order chi connectivity index (χ1) is 9.08. The summed E-state index contributed by atoms with van der Waals surface area (Å²) in [7, 11) is 0. The molecular weight excluding hydrogens is 244 g/mol. The summed E-state index contributed by atoms with van der Waals surface area (Å²) in [6.07, 6.45) is 0.797. The van der Waals surface area contributed by atoms with Gasteiger partial charge in [-0.2, -0.15) is 0 Å². The maximum atomic E-state index is 10.9. The lowest BCUT2D eigenvalue weighted by atomic mass is 10.2. The van der Waals surface area contributed by atoms with Crippen LogP contribution >= 0.6 is 0 Å². The van der Waals surface area contributed by atoms with Crippen LogP contribution in [0.2, 0.25) is 0 Å². The summed E-state index contributed by atoms with van der Waals surface area (Å²) in [5.74, 6) is 0.301. The van der Waals surface area contributed by atoms with Crippen LogP contribution in [0, 0.1) is 10.1 Å². The SMILES string of the molecule is C=C(CC)COc1cc(CNCC)ccc1[N+](=O)[O-]. The molecule has 0 unspecified atom stereocenters. The monoisotopic (exact) mass is 264 g/mol. The lowest BCUT2D eigenvalue weighted by Gasteiger charge is -2.09. The standard InChI is InChI=1S/C14H20N2O3/c1-4-11(3)10-19-14-8-12(9-15-5-2)6-7-13(14)16(17)18/h6-8,15H,3-5,9-10H2,1-2H3. The van der Waals surface area contributed by atoms with Gasteiger partial charge in [-0.25, -0.2) is 0 Å². The van der Waals surface area contributed by atoms with Crippen molar-refractivity contribution < 1.29 is 9.66 Å². The number of nitrogens with zero attached hydrogens (tertiary/aromatic N) is 1. The van der Waals surface area contributed by atoms with Crippen molar-refractivity contribution in [3.8, 4) is 5.75 Å². The predicted molar refractivity (Wildman–Crippen MR) is 75.4 cm³/mol. The Balaban J connectivity index is 2.88. The number of benzene rings is 1. The van der Waals surface area contributed by atoms with Gasteiger partial charge >= 0.3 is 5.69 Å². The van der Waals surface area contributed by atoms with Crippen molar-refractivity contribution in [1.82, 2.24) is 5.32 Å². The summed E-state index contributed by atoms with van der Waals surface area (Å²) in [5, 5.41) is 14.1. The van der Waals surface area contributed by atoms with E-state index in [-0.39, 0.29) is 5.69 Å². The zero-order valence-electron chi connectivity index (χ0n) is 11.4. The smallest absolute Gasteiger partial charge is 0.310 e. The summed E-state index contributed by atoms with van der Waals surface area (Å²) in [4.78, 5) is 10.5. The Morgan fingerprint density at radius 3 is 2.79 bits per heavy atom. The summed E-state index contributed by atoms with van der Waals surface area (Å²) in [6, 6.07) is 4.93. The van der Waals surface area contributed by atoms with Crippen molar-refractivity contribution in [3.63, 3.8) is 0 Å². The second-order valence-corrected chi connectivity index (χ2v) is 4.23. The number of hydrogen-bond acceptors (Lipinski definition) is 4. The van der Waals surface area contributed by atoms with E-state index in [4.69, 9.17) is 4.74 Å². The van der Waals surface area contributed by atoms with Crippen molar-refractivity contribution >= 4 is 5.69 Å². The normalized spacial score (nSPS) is 10.2. The molecular formula is C14H20N2O3. The van der Waals surface area contributed by atoms with E-state index >= 15 is 0 Å². The number of rotatable bonds is 8. The highest BCUT2D eigenvalue weighted by atomic mass is 16.6. The lowest BCUT2D eigenvalue weighted by Crippen LogP contribution is -2.12. The van der Waals surface area contributed by atoms with E-state index in [0.717, 1.165) is 24.1 Å². The fourth-order valence-corrected chi connectivity index (χ4v) is 1.49. The zero-order chi connectivity index (χ0) is 14.3. The molecule has 0 radical (unpaired) electrons. The fraction of sp³-hybridized carbons (Fsp3) is 0.429. The molecule has 0 atom stereocenters. The van der Waals surface area contributed by atoms with Gasteiger partial charge in [0, 0.05) is 12.6 Å². The second-order valence-electron chi connectivity index (χ2n) is 4.23. The van der Waals surface area contributed by atoms with Crippen LogP contribution in [0.1, 0.15) is 25.8 Å². The minimum absolute atomic E-state index is 0.0100. The van der Waals surface area contributed by atoms with Crippen LogP contribution in [0.5, 0.6) is 5.75 Å². The molecule has 0 aromatic heterocycles. The first-order valence-corrected chi connectivity index (χ1v) is 6.36. The van der Waals surface area contributed by atoms with E-state index in [1.165, 1.54) is 6.07 Å². The maximum absolute atomic E-state index is 10.9. The Hall–Kier alpha value is -1.88. The van der Waals surface area contributed by atoms with Gasteiger partial charge in [-0.15, -0.1) is 0 Å². The third kappa shape index (κ3) is 4.71. The molecule has 0 spiro atoms. The second kappa shape index (κ2) is 7.53.